The number of benzene rings is 2. The van der Waals surface area contributed by atoms with E-state index < -0.39 is 0 Å². The molecule has 0 bridgehead atoms. The number of amides is 1. The molecule has 192 valence electrons. The van der Waals surface area contributed by atoms with Crippen LogP contribution in [0, 0.1) is 6.92 Å². The molecule has 1 amide bonds. The lowest BCUT2D eigenvalue weighted by Gasteiger charge is -2.27. The first kappa shape index (κ1) is 25.3. The monoisotopic (exact) mass is 516 g/mol. The molecule has 0 atom stereocenters. The number of rotatable bonds is 8. The summed E-state index contributed by atoms with van der Waals surface area (Å²) < 4.78 is 12.9. The van der Waals surface area contributed by atoms with Gasteiger partial charge in [0.05, 0.1) is 30.9 Å². The molecule has 2 fully saturated rings. The van der Waals surface area contributed by atoms with Crippen molar-refractivity contribution in [3.8, 4) is 11.4 Å². The molecule has 0 N–H and O–H groups in total. The zero-order chi connectivity index (χ0) is 25.6. The summed E-state index contributed by atoms with van der Waals surface area (Å²) in [5.74, 6) is 0.833. The van der Waals surface area contributed by atoms with Crippen molar-refractivity contribution in [2.24, 2.45) is 4.99 Å². The first-order chi connectivity index (χ1) is 18.1. The number of aryl methyl sites for hydroxylation is 1. The number of ether oxygens (including phenoxy) is 2. The van der Waals surface area contributed by atoms with Crippen molar-refractivity contribution < 1.29 is 14.3 Å². The average molecular weight is 517 g/mol. The fourth-order valence-corrected chi connectivity index (χ4v) is 5.55. The highest BCUT2D eigenvalue weighted by molar-refractivity contribution is 8.18. The number of aliphatic imine (C=N–C) groups is 1. The Hall–Kier alpha value is -3.33. The maximum atomic E-state index is 13.5. The van der Waals surface area contributed by atoms with Gasteiger partial charge in [-0.2, -0.15) is 0 Å². The van der Waals surface area contributed by atoms with Gasteiger partial charge in [-0.3, -0.25) is 14.6 Å². The highest BCUT2D eigenvalue weighted by Gasteiger charge is 2.33. The number of nitrogens with zero attached hydrogens (tertiary/aromatic N) is 4. The minimum Gasteiger partial charge on any atom is -0.497 e. The van der Waals surface area contributed by atoms with Gasteiger partial charge in [-0.25, -0.2) is 4.99 Å². The van der Waals surface area contributed by atoms with Gasteiger partial charge in [-0.05, 0) is 79.2 Å². The molecule has 7 nitrogen and oxygen atoms in total. The van der Waals surface area contributed by atoms with Crippen molar-refractivity contribution in [3.05, 3.63) is 83.0 Å². The fourth-order valence-electron chi connectivity index (χ4n) is 4.53. The number of carbonyl (C=O) groups is 1. The molecule has 1 aromatic heterocycles. The molecule has 0 aliphatic carbocycles. The van der Waals surface area contributed by atoms with E-state index in [4.69, 9.17) is 14.5 Å². The lowest BCUT2D eigenvalue weighted by Crippen LogP contribution is -2.38. The van der Waals surface area contributed by atoms with Crippen molar-refractivity contribution in [2.75, 3.05) is 46.5 Å². The predicted molar refractivity (Wildman–Crippen MR) is 150 cm³/mol. The molecule has 37 heavy (non-hydrogen) atoms. The van der Waals surface area contributed by atoms with E-state index in [1.54, 1.807) is 7.11 Å². The van der Waals surface area contributed by atoms with E-state index in [9.17, 15) is 4.79 Å². The number of morpholine rings is 1. The van der Waals surface area contributed by atoms with Crippen molar-refractivity contribution in [2.45, 2.75) is 13.3 Å². The molecule has 0 spiro atoms. The van der Waals surface area contributed by atoms with Crippen LogP contribution in [-0.4, -0.2) is 71.9 Å². The van der Waals surface area contributed by atoms with Gasteiger partial charge in [0.1, 0.15) is 5.75 Å². The number of thioether (sulfide) groups is 1. The Morgan fingerprint density at radius 3 is 2.54 bits per heavy atom. The van der Waals surface area contributed by atoms with Crippen molar-refractivity contribution in [1.82, 2.24) is 14.4 Å². The van der Waals surface area contributed by atoms with Crippen LogP contribution in [0.4, 0.5) is 5.69 Å². The van der Waals surface area contributed by atoms with Crippen LogP contribution >= 0.6 is 11.8 Å². The molecule has 2 aliphatic heterocycles. The van der Waals surface area contributed by atoms with Crippen molar-refractivity contribution >= 4 is 34.6 Å². The summed E-state index contributed by atoms with van der Waals surface area (Å²) in [7, 11) is 1.66. The summed E-state index contributed by atoms with van der Waals surface area (Å²) in [6.45, 7) is 7.10. The molecule has 5 rings (SSSR count). The van der Waals surface area contributed by atoms with E-state index in [1.165, 1.54) is 11.8 Å². The van der Waals surface area contributed by atoms with Crippen LogP contribution in [-0.2, 0) is 9.53 Å². The Labute approximate surface area is 222 Å². The second-order valence-electron chi connectivity index (χ2n) is 9.09. The first-order valence-corrected chi connectivity index (χ1v) is 13.4. The number of amidine groups is 1. The second-order valence-corrected chi connectivity index (χ2v) is 10.1. The van der Waals surface area contributed by atoms with Crippen LogP contribution in [0.15, 0.2) is 76.8 Å². The van der Waals surface area contributed by atoms with E-state index in [2.05, 4.69) is 28.7 Å². The highest BCUT2D eigenvalue weighted by atomic mass is 32.2. The number of hydrogen-bond donors (Lipinski definition) is 0. The topological polar surface area (TPSA) is 59.3 Å². The third kappa shape index (κ3) is 6.15. The Bertz CT molecular complexity index is 1280. The normalized spacial score (nSPS) is 18.8. The van der Waals surface area contributed by atoms with Gasteiger partial charge >= 0.3 is 0 Å². The second kappa shape index (κ2) is 11.8. The molecule has 2 aliphatic rings. The van der Waals surface area contributed by atoms with Gasteiger partial charge in [-0.15, -0.1) is 0 Å². The van der Waals surface area contributed by atoms with Crippen LogP contribution in [0.2, 0.25) is 0 Å². The smallest absolute Gasteiger partial charge is 0.266 e. The average Bonchev–Trinajstić information content (AvgIpc) is 3.44. The van der Waals surface area contributed by atoms with E-state index in [-0.39, 0.29) is 5.91 Å². The maximum Gasteiger partial charge on any atom is 0.266 e. The Balaban J connectivity index is 1.36. The Morgan fingerprint density at radius 1 is 1.05 bits per heavy atom. The molecule has 2 saturated heterocycles. The minimum absolute atomic E-state index is 0.0107. The van der Waals surface area contributed by atoms with Crippen molar-refractivity contribution in [3.63, 3.8) is 0 Å². The number of hydrogen-bond acceptors (Lipinski definition) is 6. The Morgan fingerprint density at radius 2 is 1.81 bits per heavy atom. The number of aromatic nitrogens is 1. The van der Waals surface area contributed by atoms with Gasteiger partial charge in [0.15, 0.2) is 5.17 Å². The largest absolute Gasteiger partial charge is 0.497 e. The lowest BCUT2D eigenvalue weighted by molar-refractivity contribution is -0.122. The fraction of sp³-hybridized carbons (Fsp3) is 0.310. The molecule has 0 unspecified atom stereocenters. The van der Waals surface area contributed by atoms with Crippen LogP contribution in [0.3, 0.4) is 0 Å². The predicted octanol–water partition coefficient (Wildman–Crippen LogP) is 5.12. The third-order valence-corrected chi connectivity index (χ3v) is 7.52. The van der Waals surface area contributed by atoms with Gasteiger partial charge in [-0.1, -0.05) is 18.2 Å². The molecule has 2 aromatic carbocycles. The van der Waals surface area contributed by atoms with E-state index >= 15 is 0 Å². The molecule has 3 aromatic rings. The quantitative estimate of drug-likeness (QED) is 0.389. The Kier molecular flexibility index (Phi) is 8.08. The molecule has 3 heterocycles. The zero-order valence-electron chi connectivity index (χ0n) is 21.3. The summed E-state index contributed by atoms with van der Waals surface area (Å²) >= 11 is 1.45. The van der Waals surface area contributed by atoms with E-state index in [0.29, 0.717) is 11.4 Å². The maximum absolute atomic E-state index is 13.5. The number of methoxy groups -OCH3 is 1. The van der Waals surface area contributed by atoms with Crippen LogP contribution in [0.5, 0.6) is 5.75 Å². The van der Waals surface area contributed by atoms with E-state index in [0.717, 1.165) is 72.8 Å². The van der Waals surface area contributed by atoms with Crippen LogP contribution < -0.4 is 4.74 Å². The third-order valence-electron chi connectivity index (χ3n) is 6.51. The number of para-hydroxylation sites is 1. The van der Waals surface area contributed by atoms with Gasteiger partial charge < -0.3 is 14.0 Å². The van der Waals surface area contributed by atoms with Gasteiger partial charge in [0, 0.05) is 43.8 Å². The lowest BCUT2D eigenvalue weighted by atomic mass is 10.2. The number of carbonyl (C=O) groups excluding carboxylic acids is 1. The SMILES string of the molecule is COc1ccc(-n2cc(/C=C3/SC(=Nc4ccccc4)N(CCCN4CCOCC4)C3=O)cc2C)cc1. The van der Waals surface area contributed by atoms with Gasteiger partial charge in [0.25, 0.3) is 5.91 Å². The van der Waals surface area contributed by atoms with Crippen LogP contribution in [0.25, 0.3) is 11.8 Å². The summed E-state index contributed by atoms with van der Waals surface area (Å²) in [5.41, 5.74) is 3.97. The summed E-state index contributed by atoms with van der Waals surface area (Å²) in [6, 6.07) is 19.9. The molecular formula is C29H32N4O3S. The summed E-state index contributed by atoms with van der Waals surface area (Å²) in [5, 5.41) is 0.732. The molecular weight excluding hydrogens is 484 g/mol. The first-order valence-electron chi connectivity index (χ1n) is 12.6. The van der Waals surface area contributed by atoms with Crippen molar-refractivity contribution in [1.29, 1.82) is 0 Å². The molecule has 8 heteroatoms. The van der Waals surface area contributed by atoms with Gasteiger partial charge in [0.2, 0.25) is 0 Å². The summed E-state index contributed by atoms with van der Waals surface area (Å²) in [4.78, 5) is 23.3. The molecule has 0 radical (unpaired) electrons. The highest BCUT2D eigenvalue weighted by Crippen LogP contribution is 2.34. The summed E-state index contributed by atoms with van der Waals surface area (Å²) in [6.07, 6.45) is 4.93. The van der Waals surface area contributed by atoms with Crippen LogP contribution in [0.1, 0.15) is 17.7 Å². The molecule has 0 saturated carbocycles. The minimum atomic E-state index is 0.0107. The zero-order valence-corrected chi connectivity index (χ0v) is 22.1. The standard InChI is InChI=1S/C29H32N4O3S/c1-22-19-23(21-33(22)25-9-11-26(35-2)12-10-25)20-27-28(34)32(14-6-13-31-15-17-36-18-16-31)29(37-27)30-24-7-4-3-5-8-24/h3-5,7-12,19-21H,6,13-18H2,1-2H3/b27-20+,30-29?. The van der Waals surface area contributed by atoms with E-state index in [1.807, 2.05) is 65.6 Å².